The van der Waals surface area contributed by atoms with E-state index < -0.39 is 36.8 Å². The highest BCUT2D eigenvalue weighted by Gasteiger charge is 2.30. The van der Waals surface area contributed by atoms with Gasteiger partial charge in [-0.3, -0.25) is 4.79 Å². The highest BCUT2D eigenvalue weighted by Crippen LogP contribution is 2.30. The molecule has 0 radical (unpaired) electrons. The Morgan fingerprint density at radius 1 is 1.03 bits per heavy atom. The third kappa shape index (κ3) is 6.33. The second-order valence-corrected chi connectivity index (χ2v) is 5.44. The first-order valence-electron chi connectivity index (χ1n) is 7.87. The fraction of sp³-hybridized carbons (Fsp3) is 0.222. The van der Waals surface area contributed by atoms with Gasteiger partial charge in [0.2, 0.25) is 0 Å². The summed E-state index contributed by atoms with van der Waals surface area (Å²) in [5.41, 5.74) is -0.893. The number of amides is 1. The van der Waals surface area contributed by atoms with Gasteiger partial charge in [-0.05, 0) is 42.5 Å². The Hall–Kier alpha value is -3.37. The van der Waals surface area contributed by atoms with Gasteiger partial charge in [0.25, 0.3) is 5.91 Å². The van der Waals surface area contributed by atoms with E-state index in [2.05, 4.69) is 10.1 Å². The van der Waals surface area contributed by atoms with Crippen molar-refractivity contribution in [3.63, 3.8) is 0 Å². The van der Waals surface area contributed by atoms with Gasteiger partial charge in [-0.1, -0.05) is 0 Å². The van der Waals surface area contributed by atoms with Crippen LogP contribution in [-0.2, 0) is 15.7 Å². The zero-order valence-corrected chi connectivity index (χ0v) is 14.8. The molecule has 0 saturated heterocycles. The molecule has 11 heteroatoms. The summed E-state index contributed by atoms with van der Waals surface area (Å²) < 4.78 is 75.9. The van der Waals surface area contributed by atoms with Crippen LogP contribution in [0, 0.1) is 0 Å². The Bertz CT molecular complexity index is 868. The molecule has 0 bridgehead atoms. The minimum atomic E-state index is -4.50. The molecule has 2 rings (SSSR count). The largest absolute Gasteiger partial charge is 0.493 e. The topological polar surface area (TPSA) is 73.9 Å². The second kappa shape index (κ2) is 9.22. The van der Waals surface area contributed by atoms with Crippen LogP contribution in [-0.4, -0.2) is 32.2 Å². The van der Waals surface area contributed by atoms with Crippen molar-refractivity contribution in [1.29, 1.82) is 0 Å². The van der Waals surface area contributed by atoms with Crippen molar-refractivity contribution in [2.24, 2.45) is 0 Å². The first kappa shape index (κ1) is 21.9. The number of hydrogen-bond acceptors (Lipinski definition) is 5. The van der Waals surface area contributed by atoms with Crippen molar-refractivity contribution >= 4 is 17.6 Å². The molecule has 0 atom stereocenters. The molecule has 29 heavy (non-hydrogen) atoms. The van der Waals surface area contributed by atoms with Crippen LogP contribution in [0.15, 0.2) is 42.5 Å². The molecule has 2 aromatic carbocycles. The zero-order chi connectivity index (χ0) is 21.6. The third-order valence-corrected chi connectivity index (χ3v) is 3.45. The SMILES string of the molecule is COc1cc(C(=O)OCC(=O)Nc2ccc(C(F)(F)F)cc2)ccc1OC(F)F. The lowest BCUT2D eigenvalue weighted by atomic mass is 10.2. The Balaban J connectivity index is 1.93. The first-order chi connectivity index (χ1) is 13.6. The molecule has 6 nitrogen and oxygen atoms in total. The van der Waals surface area contributed by atoms with Gasteiger partial charge < -0.3 is 19.5 Å². The number of esters is 1. The van der Waals surface area contributed by atoms with Crippen LogP contribution < -0.4 is 14.8 Å². The number of methoxy groups -OCH3 is 1. The lowest BCUT2D eigenvalue weighted by Gasteiger charge is -2.11. The molecule has 0 aliphatic rings. The van der Waals surface area contributed by atoms with Crippen molar-refractivity contribution in [2.45, 2.75) is 12.8 Å². The van der Waals surface area contributed by atoms with Crippen molar-refractivity contribution in [3.05, 3.63) is 53.6 Å². The number of alkyl halides is 5. The predicted molar refractivity (Wildman–Crippen MR) is 90.0 cm³/mol. The lowest BCUT2D eigenvalue weighted by Crippen LogP contribution is -2.21. The van der Waals surface area contributed by atoms with Crippen molar-refractivity contribution in [3.8, 4) is 11.5 Å². The van der Waals surface area contributed by atoms with Gasteiger partial charge in [0.15, 0.2) is 18.1 Å². The van der Waals surface area contributed by atoms with E-state index in [-0.39, 0.29) is 22.7 Å². The maximum absolute atomic E-state index is 12.5. The molecule has 0 fully saturated rings. The Morgan fingerprint density at radius 3 is 2.24 bits per heavy atom. The average molecular weight is 419 g/mol. The fourth-order valence-electron chi connectivity index (χ4n) is 2.14. The predicted octanol–water partition coefficient (Wildman–Crippen LogP) is 4.11. The number of halogens is 5. The summed E-state index contributed by atoms with van der Waals surface area (Å²) in [7, 11) is 1.18. The number of carbonyl (C=O) groups excluding carboxylic acids is 2. The molecule has 0 spiro atoms. The number of ether oxygens (including phenoxy) is 3. The summed E-state index contributed by atoms with van der Waals surface area (Å²) >= 11 is 0. The van der Waals surface area contributed by atoms with Gasteiger partial charge in [-0.15, -0.1) is 0 Å². The van der Waals surface area contributed by atoms with Gasteiger partial charge in [0.05, 0.1) is 18.2 Å². The smallest absolute Gasteiger partial charge is 0.416 e. The molecular weight excluding hydrogens is 405 g/mol. The average Bonchev–Trinajstić information content (AvgIpc) is 2.65. The summed E-state index contributed by atoms with van der Waals surface area (Å²) in [6.45, 7) is -3.81. The Morgan fingerprint density at radius 2 is 1.69 bits per heavy atom. The summed E-state index contributed by atoms with van der Waals surface area (Å²) in [5, 5.41) is 2.27. The number of hydrogen-bond donors (Lipinski definition) is 1. The van der Waals surface area contributed by atoms with E-state index in [1.54, 1.807) is 0 Å². The van der Waals surface area contributed by atoms with Crippen LogP contribution in [0.1, 0.15) is 15.9 Å². The van der Waals surface area contributed by atoms with Gasteiger partial charge in [0.1, 0.15) is 0 Å². The number of nitrogens with one attached hydrogen (secondary N) is 1. The van der Waals surface area contributed by atoms with Crippen LogP contribution in [0.2, 0.25) is 0 Å². The van der Waals surface area contributed by atoms with Crippen LogP contribution in [0.3, 0.4) is 0 Å². The molecule has 1 amide bonds. The van der Waals surface area contributed by atoms with Crippen LogP contribution >= 0.6 is 0 Å². The first-order valence-corrected chi connectivity index (χ1v) is 7.87. The van der Waals surface area contributed by atoms with Gasteiger partial charge in [0, 0.05) is 5.69 Å². The normalized spacial score (nSPS) is 11.1. The Kier molecular flexibility index (Phi) is 6.97. The number of anilines is 1. The summed E-state index contributed by atoms with van der Waals surface area (Å²) in [5.74, 6) is -2.18. The molecule has 0 aliphatic carbocycles. The van der Waals surface area contributed by atoms with Gasteiger partial charge in [-0.25, -0.2) is 4.79 Å². The third-order valence-electron chi connectivity index (χ3n) is 3.45. The van der Waals surface area contributed by atoms with Gasteiger partial charge in [-0.2, -0.15) is 22.0 Å². The van der Waals surface area contributed by atoms with Crippen LogP contribution in [0.25, 0.3) is 0 Å². The van der Waals surface area contributed by atoms with Gasteiger partial charge >= 0.3 is 18.8 Å². The van der Waals surface area contributed by atoms with E-state index in [0.717, 1.165) is 42.5 Å². The van der Waals surface area contributed by atoms with Crippen LogP contribution in [0.4, 0.5) is 27.6 Å². The molecule has 0 aliphatic heterocycles. The van der Waals surface area contributed by atoms with Crippen LogP contribution in [0.5, 0.6) is 11.5 Å². The van der Waals surface area contributed by atoms with Crippen molar-refractivity contribution in [2.75, 3.05) is 19.0 Å². The molecule has 1 N–H and O–H groups in total. The Labute approximate surface area is 161 Å². The highest BCUT2D eigenvalue weighted by atomic mass is 19.4. The van der Waals surface area contributed by atoms with E-state index in [1.165, 1.54) is 7.11 Å². The van der Waals surface area contributed by atoms with Crippen molar-refractivity contribution < 1.29 is 45.8 Å². The minimum Gasteiger partial charge on any atom is -0.493 e. The molecule has 2 aromatic rings. The standard InChI is InChI=1S/C18H14F5NO5/c1-27-14-8-10(2-7-13(14)29-17(19)20)16(26)28-9-15(25)24-12-5-3-11(4-6-12)18(21,22)23/h2-8,17H,9H2,1H3,(H,24,25). The number of benzene rings is 2. The van der Waals surface area contributed by atoms with E-state index in [4.69, 9.17) is 9.47 Å². The summed E-state index contributed by atoms with van der Waals surface area (Å²) in [6, 6.07) is 6.98. The van der Waals surface area contributed by atoms with E-state index in [0.29, 0.717) is 0 Å². The molecule has 156 valence electrons. The van der Waals surface area contributed by atoms with E-state index >= 15 is 0 Å². The highest BCUT2D eigenvalue weighted by molar-refractivity contribution is 5.95. The minimum absolute atomic E-state index is 0.0780. The zero-order valence-electron chi connectivity index (χ0n) is 14.8. The second-order valence-electron chi connectivity index (χ2n) is 5.44. The molecule has 0 heterocycles. The maximum Gasteiger partial charge on any atom is 0.416 e. The fourth-order valence-corrected chi connectivity index (χ4v) is 2.14. The number of rotatable bonds is 7. The maximum atomic E-state index is 12.5. The molecular formula is C18H14F5NO5. The van der Waals surface area contributed by atoms with E-state index in [9.17, 15) is 31.5 Å². The number of carbonyl (C=O) groups is 2. The lowest BCUT2D eigenvalue weighted by molar-refractivity contribution is -0.137. The quantitative estimate of drug-likeness (QED) is 0.540. The molecule has 0 saturated carbocycles. The molecule has 0 aromatic heterocycles. The van der Waals surface area contributed by atoms with E-state index in [1.807, 2.05) is 0 Å². The summed E-state index contributed by atoms with van der Waals surface area (Å²) in [6.07, 6.45) is -4.50. The monoisotopic (exact) mass is 419 g/mol. The summed E-state index contributed by atoms with van der Waals surface area (Å²) in [4.78, 5) is 23.8. The molecule has 0 unspecified atom stereocenters. The van der Waals surface area contributed by atoms with Crippen molar-refractivity contribution in [1.82, 2.24) is 0 Å².